The van der Waals surface area contributed by atoms with Crippen molar-refractivity contribution in [1.29, 1.82) is 0 Å². The molecule has 0 saturated carbocycles. The van der Waals surface area contributed by atoms with Gasteiger partial charge < -0.3 is 10.6 Å². The summed E-state index contributed by atoms with van der Waals surface area (Å²) in [7, 11) is 2.00. The summed E-state index contributed by atoms with van der Waals surface area (Å²) in [5.74, 6) is 0.897. The van der Waals surface area contributed by atoms with Gasteiger partial charge in [-0.15, -0.1) is 35.3 Å². The molecule has 8 heteroatoms. The number of aliphatic imine (C=N–C) groups is 1. The first-order valence-electron chi connectivity index (χ1n) is 9.85. The van der Waals surface area contributed by atoms with Crippen LogP contribution in [0.25, 0.3) is 0 Å². The van der Waals surface area contributed by atoms with Gasteiger partial charge >= 0.3 is 0 Å². The van der Waals surface area contributed by atoms with E-state index in [0.717, 1.165) is 56.1 Å². The van der Waals surface area contributed by atoms with Crippen molar-refractivity contribution in [1.82, 2.24) is 25.4 Å². The minimum absolute atomic E-state index is 0. The van der Waals surface area contributed by atoms with E-state index in [1.54, 1.807) is 11.3 Å². The van der Waals surface area contributed by atoms with Gasteiger partial charge in [-0.05, 0) is 65.9 Å². The molecule has 0 aliphatic carbocycles. The Bertz CT molecular complexity index is 752. The molecular weight excluding hydrogens is 483 g/mol. The number of nitrogens with zero attached hydrogens (tertiary/aromatic N) is 4. The molecule has 0 spiro atoms. The Morgan fingerprint density at radius 1 is 1.29 bits per heavy atom. The first kappa shape index (κ1) is 24.9. The largest absolute Gasteiger partial charge is 0.357 e. The molecule has 2 N–H and O–H groups in total. The summed E-state index contributed by atoms with van der Waals surface area (Å²) < 4.78 is 1.96. The molecule has 0 amide bonds. The highest BCUT2D eigenvalue weighted by molar-refractivity contribution is 14.0. The van der Waals surface area contributed by atoms with Crippen LogP contribution in [0.5, 0.6) is 0 Å². The molecule has 0 bridgehead atoms. The van der Waals surface area contributed by atoms with Crippen LogP contribution < -0.4 is 10.6 Å². The van der Waals surface area contributed by atoms with Crippen LogP contribution in [0.4, 0.5) is 0 Å². The van der Waals surface area contributed by atoms with Crippen LogP contribution in [-0.2, 0) is 19.9 Å². The second kappa shape index (κ2) is 12.4. The molecule has 2 aromatic heterocycles. The van der Waals surface area contributed by atoms with Crippen molar-refractivity contribution in [3.8, 4) is 0 Å². The zero-order valence-corrected chi connectivity index (χ0v) is 21.1. The summed E-state index contributed by atoms with van der Waals surface area (Å²) >= 11 is 1.76. The number of unbranched alkanes of at least 4 members (excludes halogenated alkanes) is 1. The Hall–Kier alpha value is -1.16. The van der Waals surface area contributed by atoms with Gasteiger partial charge in [0.1, 0.15) is 0 Å². The molecule has 0 aliphatic heterocycles. The standard InChI is InChI=1S/C20H34N6S.HI/c1-7-21-20(22-11-9-8-10-19-23-15(3)13-27-19)24-14(2)12-18-16(4)25-26(6)17(18)5;/h13-14H,7-12H2,1-6H3,(H2,21,22,24);1H. The lowest BCUT2D eigenvalue weighted by Crippen LogP contribution is -2.43. The van der Waals surface area contributed by atoms with Gasteiger partial charge in [-0.3, -0.25) is 9.67 Å². The van der Waals surface area contributed by atoms with E-state index in [2.05, 4.69) is 53.8 Å². The highest BCUT2D eigenvalue weighted by Crippen LogP contribution is 2.14. The molecule has 1 unspecified atom stereocenters. The molecule has 0 radical (unpaired) electrons. The van der Waals surface area contributed by atoms with Crippen LogP contribution in [0.15, 0.2) is 10.4 Å². The maximum absolute atomic E-state index is 4.74. The van der Waals surface area contributed by atoms with Crippen LogP contribution >= 0.6 is 35.3 Å². The van der Waals surface area contributed by atoms with Gasteiger partial charge in [0, 0.05) is 42.9 Å². The lowest BCUT2D eigenvalue weighted by Gasteiger charge is -2.18. The van der Waals surface area contributed by atoms with Crippen LogP contribution in [0.3, 0.4) is 0 Å². The number of nitrogens with one attached hydrogen (secondary N) is 2. The Balaban J connectivity index is 0.00000392. The zero-order valence-electron chi connectivity index (χ0n) is 18.0. The van der Waals surface area contributed by atoms with Gasteiger partial charge in [-0.1, -0.05) is 0 Å². The first-order chi connectivity index (χ1) is 12.9. The van der Waals surface area contributed by atoms with Gasteiger partial charge in [0.15, 0.2) is 5.96 Å². The third-order valence-electron chi connectivity index (χ3n) is 4.63. The van der Waals surface area contributed by atoms with Crippen molar-refractivity contribution in [3.05, 3.63) is 33.0 Å². The van der Waals surface area contributed by atoms with E-state index in [-0.39, 0.29) is 24.0 Å². The fourth-order valence-electron chi connectivity index (χ4n) is 3.12. The molecule has 28 heavy (non-hydrogen) atoms. The number of halogens is 1. The molecule has 2 rings (SSSR count). The van der Waals surface area contributed by atoms with E-state index in [9.17, 15) is 0 Å². The van der Waals surface area contributed by atoms with E-state index >= 15 is 0 Å². The number of aryl methyl sites for hydroxylation is 4. The summed E-state index contributed by atoms with van der Waals surface area (Å²) in [6.45, 7) is 12.3. The zero-order chi connectivity index (χ0) is 19.8. The lowest BCUT2D eigenvalue weighted by atomic mass is 10.1. The molecular formula is C20H35IN6S. The summed E-state index contributed by atoms with van der Waals surface area (Å²) in [6.07, 6.45) is 4.19. The normalized spacial score (nSPS) is 12.6. The smallest absolute Gasteiger partial charge is 0.191 e. The molecule has 0 aliphatic rings. The second-order valence-corrected chi connectivity index (χ2v) is 8.07. The number of guanidine groups is 1. The Morgan fingerprint density at radius 2 is 2.04 bits per heavy atom. The third-order valence-corrected chi connectivity index (χ3v) is 5.66. The van der Waals surface area contributed by atoms with Gasteiger partial charge in [-0.25, -0.2) is 4.98 Å². The van der Waals surface area contributed by atoms with Gasteiger partial charge in [-0.2, -0.15) is 5.10 Å². The Labute approximate surface area is 190 Å². The fourth-order valence-corrected chi connectivity index (χ4v) is 3.94. The number of rotatable bonds is 9. The van der Waals surface area contributed by atoms with Gasteiger partial charge in [0.25, 0.3) is 0 Å². The third kappa shape index (κ3) is 7.69. The average Bonchev–Trinajstić information content (AvgIpc) is 3.13. The molecule has 0 fully saturated rings. The quantitative estimate of drug-likeness (QED) is 0.229. The lowest BCUT2D eigenvalue weighted by molar-refractivity contribution is 0.633. The first-order valence-corrected chi connectivity index (χ1v) is 10.7. The summed E-state index contributed by atoms with van der Waals surface area (Å²) in [5, 5.41) is 14.8. The molecule has 0 aromatic carbocycles. The van der Waals surface area contributed by atoms with E-state index in [0.29, 0.717) is 6.04 Å². The average molecular weight is 519 g/mol. The molecule has 1 atom stereocenters. The number of thiazole rings is 1. The predicted octanol–water partition coefficient (Wildman–Crippen LogP) is 3.93. The van der Waals surface area contributed by atoms with Gasteiger partial charge in [0.05, 0.1) is 10.7 Å². The molecule has 0 saturated heterocycles. The van der Waals surface area contributed by atoms with Crippen LogP contribution in [0, 0.1) is 20.8 Å². The van der Waals surface area contributed by atoms with Crippen LogP contribution in [0.2, 0.25) is 0 Å². The minimum atomic E-state index is 0. The minimum Gasteiger partial charge on any atom is -0.357 e. The number of aromatic nitrogens is 3. The fraction of sp³-hybridized carbons (Fsp3) is 0.650. The summed E-state index contributed by atoms with van der Waals surface area (Å²) in [6, 6.07) is 0.294. The topological polar surface area (TPSA) is 67.1 Å². The number of hydrogen-bond acceptors (Lipinski definition) is 4. The van der Waals surface area contributed by atoms with E-state index in [1.165, 1.54) is 16.3 Å². The van der Waals surface area contributed by atoms with Crippen molar-refractivity contribution < 1.29 is 0 Å². The van der Waals surface area contributed by atoms with E-state index in [1.807, 2.05) is 18.7 Å². The summed E-state index contributed by atoms with van der Waals surface area (Å²) in [4.78, 5) is 9.26. The molecule has 6 nitrogen and oxygen atoms in total. The number of hydrogen-bond donors (Lipinski definition) is 2. The molecule has 2 heterocycles. The van der Waals surface area contributed by atoms with Crippen molar-refractivity contribution in [2.24, 2.45) is 12.0 Å². The highest BCUT2D eigenvalue weighted by atomic mass is 127. The molecule has 158 valence electrons. The molecule has 2 aromatic rings. The van der Waals surface area contributed by atoms with Crippen molar-refractivity contribution >= 4 is 41.3 Å². The van der Waals surface area contributed by atoms with Gasteiger partial charge in [0.2, 0.25) is 0 Å². The summed E-state index contributed by atoms with van der Waals surface area (Å²) in [5.41, 5.74) is 4.80. The van der Waals surface area contributed by atoms with Crippen molar-refractivity contribution in [2.45, 2.75) is 66.3 Å². The Morgan fingerprint density at radius 3 is 2.61 bits per heavy atom. The van der Waals surface area contributed by atoms with Crippen LogP contribution in [0.1, 0.15) is 54.3 Å². The maximum atomic E-state index is 4.74. The van der Waals surface area contributed by atoms with Crippen molar-refractivity contribution in [2.75, 3.05) is 13.1 Å². The second-order valence-electron chi connectivity index (χ2n) is 7.12. The maximum Gasteiger partial charge on any atom is 0.191 e. The monoisotopic (exact) mass is 518 g/mol. The van der Waals surface area contributed by atoms with E-state index < -0.39 is 0 Å². The van der Waals surface area contributed by atoms with E-state index in [4.69, 9.17) is 4.99 Å². The highest BCUT2D eigenvalue weighted by Gasteiger charge is 2.13. The Kier molecular flexibility index (Phi) is 11.0. The van der Waals surface area contributed by atoms with Crippen molar-refractivity contribution in [3.63, 3.8) is 0 Å². The van der Waals surface area contributed by atoms with Crippen LogP contribution in [-0.4, -0.2) is 39.9 Å². The predicted molar refractivity (Wildman–Crippen MR) is 130 cm³/mol. The SMILES string of the molecule is CCNC(=NCCCCc1nc(C)cs1)NC(C)Cc1c(C)nn(C)c1C.I.